The first-order valence-electron chi connectivity index (χ1n) is 10.1. The SMILES string of the molecule is COc1ccccc1CCC(=O)Nc1ccccc1CN1CCCC(C(N)=O)C1. The standard InChI is InChI=1S/C23H29N3O3/c1-29-21-11-5-3-7-17(21)12-13-22(27)25-20-10-4-2-8-18(20)15-26-14-6-9-19(16-26)23(24)28/h2-5,7-8,10-11,19H,6,9,12-16H2,1H3,(H2,24,28)(H,25,27). The van der Waals surface area contributed by atoms with E-state index in [1.165, 1.54) is 0 Å². The lowest BCUT2D eigenvalue weighted by atomic mass is 9.97. The van der Waals surface area contributed by atoms with E-state index < -0.39 is 0 Å². The third kappa shape index (κ3) is 5.81. The van der Waals surface area contributed by atoms with Crippen molar-refractivity contribution in [2.24, 2.45) is 11.7 Å². The molecule has 6 heteroatoms. The fourth-order valence-electron chi connectivity index (χ4n) is 3.82. The first-order chi connectivity index (χ1) is 14.1. The molecule has 1 atom stereocenters. The van der Waals surface area contributed by atoms with Crippen molar-refractivity contribution >= 4 is 17.5 Å². The van der Waals surface area contributed by atoms with Crippen LogP contribution in [-0.2, 0) is 22.6 Å². The maximum Gasteiger partial charge on any atom is 0.224 e. The molecule has 1 unspecified atom stereocenters. The van der Waals surface area contributed by atoms with Gasteiger partial charge in [0.05, 0.1) is 13.0 Å². The Morgan fingerprint density at radius 2 is 1.86 bits per heavy atom. The van der Waals surface area contributed by atoms with Crippen LogP contribution in [0.1, 0.15) is 30.4 Å². The van der Waals surface area contributed by atoms with Gasteiger partial charge in [0.25, 0.3) is 0 Å². The number of likely N-dealkylation sites (tertiary alicyclic amines) is 1. The lowest BCUT2D eigenvalue weighted by molar-refractivity contribution is -0.123. The van der Waals surface area contributed by atoms with Crippen LogP contribution < -0.4 is 15.8 Å². The normalized spacial score (nSPS) is 16.9. The molecule has 0 aromatic heterocycles. The molecule has 2 amide bonds. The van der Waals surface area contributed by atoms with Crippen LogP contribution in [0.4, 0.5) is 5.69 Å². The Morgan fingerprint density at radius 1 is 1.14 bits per heavy atom. The highest BCUT2D eigenvalue weighted by molar-refractivity contribution is 5.91. The van der Waals surface area contributed by atoms with Crippen LogP contribution in [0.15, 0.2) is 48.5 Å². The van der Waals surface area contributed by atoms with Crippen molar-refractivity contribution in [1.29, 1.82) is 0 Å². The number of carbonyl (C=O) groups is 2. The summed E-state index contributed by atoms with van der Waals surface area (Å²) in [5.41, 5.74) is 8.37. The van der Waals surface area contributed by atoms with Crippen LogP contribution in [0.3, 0.4) is 0 Å². The van der Waals surface area contributed by atoms with Gasteiger partial charge in [0.2, 0.25) is 11.8 Å². The minimum atomic E-state index is -0.229. The number of aryl methyl sites for hydroxylation is 1. The van der Waals surface area contributed by atoms with Gasteiger partial charge in [-0.2, -0.15) is 0 Å². The summed E-state index contributed by atoms with van der Waals surface area (Å²) >= 11 is 0. The average Bonchev–Trinajstić information content (AvgIpc) is 2.74. The van der Waals surface area contributed by atoms with Crippen LogP contribution in [0.5, 0.6) is 5.75 Å². The summed E-state index contributed by atoms with van der Waals surface area (Å²) in [6, 6.07) is 15.6. The molecule has 0 aliphatic carbocycles. The maximum atomic E-state index is 12.5. The van der Waals surface area contributed by atoms with Crippen molar-refractivity contribution in [3.05, 3.63) is 59.7 Å². The van der Waals surface area contributed by atoms with Gasteiger partial charge in [-0.3, -0.25) is 14.5 Å². The van der Waals surface area contributed by atoms with E-state index in [2.05, 4.69) is 10.2 Å². The van der Waals surface area contributed by atoms with Gasteiger partial charge in [0.15, 0.2) is 0 Å². The largest absolute Gasteiger partial charge is 0.496 e. The Bertz CT molecular complexity index is 853. The molecule has 3 rings (SSSR count). The zero-order valence-corrected chi connectivity index (χ0v) is 16.9. The number of piperidine rings is 1. The van der Waals surface area contributed by atoms with Gasteiger partial charge >= 0.3 is 0 Å². The van der Waals surface area contributed by atoms with Crippen LogP contribution >= 0.6 is 0 Å². The van der Waals surface area contributed by atoms with Gasteiger partial charge < -0.3 is 15.8 Å². The van der Waals surface area contributed by atoms with Gasteiger partial charge in [-0.05, 0) is 49.1 Å². The topological polar surface area (TPSA) is 84.7 Å². The molecule has 0 spiro atoms. The fourth-order valence-corrected chi connectivity index (χ4v) is 3.82. The van der Waals surface area contributed by atoms with Gasteiger partial charge in [-0.25, -0.2) is 0 Å². The third-order valence-electron chi connectivity index (χ3n) is 5.41. The van der Waals surface area contributed by atoms with Gasteiger partial charge in [0, 0.05) is 25.2 Å². The van der Waals surface area contributed by atoms with Crippen molar-refractivity contribution in [1.82, 2.24) is 4.90 Å². The number of primary amides is 1. The smallest absolute Gasteiger partial charge is 0.224 e. The molecule has 6 nitrogen and oxygen atoms in total. The Labute approximate surface area is 172 Å². The summed E-state index contributed by atoms with van der Waals surface area (Å²) in [7, 11) is 1.64. The first-order valence-corrected chi connectivity index (χ1v) is 10.1. The molecule has 2 aromatic carbocycles. The molecule has 29 heavy (non-hydrogen) atoms. The minimum Gasteiger partial charge on any atom is -0.496 e. The predicted octanol–water partition coefficient (Wildman–Crippen LogP) is 2.96. The molecule has 0 bridgehead atoms. The fraction of sp³-hybridized carbons (Fsp3) is 0.391. The highest BCUT2D eigenvalue weighted by Crippen LogP contribution is 2.23. The molecule has 154 valence electrons. The lowest BCUT2D eigenvalue weighted by Gasteiger charge is -2.31. The lowest BCUT2D eigenvalue weighted by Crippen LogP contribution is -2.40. The van der Waals surface area contributed by atoms with Crippen molar-refractivity contribution in [2.75, 3.05) is 25.5 Å². The summed E-state index contributed by atoms with van der Waals surface area (Å²) in [6.45, 7) is 2.29. The number of nitrogens with one attached hydrogen (secondary N) is 1. The number of ether oxygens (including phenoxy) is 1. The number of hydrogen-bond acceptors (Lipinski definition) is 4. The molecule has 1 aliphatic rings. The number of hydrogen-bond donors (Lipinski definition) is 2. The first kappa shape index (κ1) is 20.9. The Kier molecular flexibility index (Phi) is 7.25. The highest BCUT2D eigenvalue weighted by atomic mass is 16.5. The number of nitrogens with two attached hydrogens (primary N) is 1. The van der Waals surface area contributed by atoms with E-state index in [0.29, 0.717) is 25.9 Å². The summed E-state index contributed by atoms with van der Waals surface area (Å²) in [5.74, 6) is 0.450. The summed E-state index contributed by atoms with van der Waals surface area (Å²) < 4.78 is 5.35. The monoisotopic (exact) mass is 395 g/mol. The second-order valence-electron chi connectivity index (χ2n) is 7.49. The van der Waals surface area contributed by atoms with Crippen LogP contribution in [-0.4, -0.2) is 36.9 Å². The van der Waals surface area contributed by atoms with Gasteiger partial charge in [-0.1, -0.05) is 36.4 Å². The molecule has 2 aromatic rings. The van der Waals surface area contributed by atoms with Crippen molar-refractivity contribution in [3.8, 4) is 5.75 Å². The number of rotatable bonds is 8. The van der Waals surface area contributed by atoms with Gasteiger partial charge in [0.1, 0.15) is 5.75 Å². The molecule has 0 radical (unpaired) electrons. The van der Waals surface area contributed by atoms with Crippen molar-refractivity contribution in [2.45, 2.75) is 32.2 Å². The molecule has 1 aliphatic heterocycles. The van der Waals surface area contributed by atoms with Crippen molar-refractivity contribution in [3.63, 3.8) is 0 Å². The number of anilines is 1. The number of nitrogens with zero attached hydrogens (tertiary/aromatic N) is 1. The molecule has 0 saturated carbocycles. The van der Waals surface area contributed by atoms with E-state index in [-0.39, 0.29) is 17.7 Å². The zero-order valence-electron chi connectivity index (χ0n) is 16.9. The predicted molar refractivity (Wildman–Crippen MR) is 114 cm³/mol. The Balaban J connectivity index is 1.60. The minimum absolute atomic E-state index is 0.0305. The molecular weight excluding hydrogens is 366 g/mol. The van der Waals surface area contributed by atoms with Crippen LogP contribution in [0.25, 0.3) is 0 Å². The number of methoxy groups -OCH3 is 1. The molecule has 3 N–H and O–H groups in total. The Hall–Kier alpha value is -2.86. The third-order valence-corrected chi connectivity index (χ3v) is 5.41. The molecule has 1 heterocycles. The second kappa shape index (κ2) is 10.1. The van der Waals surface area contributed by atoms with Crippen molar-refractivity contribution < 1.29 is 14.3 Å². The number of carbonyl (C=O) groups excluding carboxylic acids is 2. The van der Waals surface area contributed by atoms with E-state index in [9.17, 15) is 9.59 Å². The molecular formula is C23H29N3O3. The molecule has 1 saturated heterocycles. The average molecular weight is 396 g/mol. The zero-order chi connectivity index (χ0) is 20.6. The van der Waals surface area contributed by atoms with E-state index in [4.69, 9.17) is 10.5 Å². The molecule has 1 fully saturated rings. The quantitative estimate of drug-likeness (QED) is 0.720. The van der Waals surface area contributed by atoms with E-state index >= 15 is 0 Å². The summed E-state index contributed by atoms with van der Waals surface area (Å²) in [4.78, 5) is 26.3. The highest BCUT2D eigenvalue weighted by Gasteiger charge is 2.24. The van der Waals surface area contributed by atoms with Crippen LogP contribution in [0, 0.1) is 5.92 Å². The maximum absolute atomic E-state index is 12.5. The van der Waals surface area contributed by atoms with Gasteiger partial charge in [-0.15, -0.1) is 0 Å². The number of benzene rings is 2. The Morgan fingerprint density at radius 3 is 2.62 bits per heavy atom. The van der Waals surface area contributed by atoms with E-state index in [1.807, 2.05) is 48.5 Å². The second-order valence-corrected chi connectivity index (χ2v) is 7.49. The van der Waals surface area contributed by atoms with E-state index in [0.717, 1.165) is 42.0 Å². The number of amides is 2. The van der Waals surface area contributed by atoms with E-state index in [1.54, 1.807) is 7.11 Å². The summed E-state index contributed by atoms with van der Waals surface area (Å²) in [6.07, 6.45) is 2.81. The number of para-hydroxylation sites is 2. The summed E-state index contributed by atoms with van der Waals surface area (Å²) in [5, 5.41) is 3.04. The van der Waals surface area contributed by atoms with Crippen LogP contribution in [0.2, 0.25) is 0 Å².